The van der Waals surface area contributed by atoms with Crippen molar-refractivity contribution in [2.75, 3.05) is 6.61 Å². The standard InChI is InChI=1S/C17H25N3O/c1-13(2)18-11-16-6-5-7-17(10-16)21-9-8-20-12-19-14(3)15(20)4/h5-7,10,12-13,18H,8-9,11H2,1-4H3. The van der Waals surface area contributed by atoms with Gasteiger partial charge >= 0.3 is 0 Å². The summed E-state index contributed by atoms with van der Waals surface area (Å²) in [4.78, 5) is 4.30. The average molecular weight is 287 g/mol. The Morgan fingerprint density at radius 3 is 2.76 bits per heavy atom. The molecule has 0 aliphatic carbocycles. The minimum Gasteiger partial charge on any atom is -0.492 e. The molecule has 21 heavy (non-hydrogen) atoms. The topological polar surface area (TPSA) is 39.1 Å². The van der Waals surface area contributed by atoms with Gasteiger partial charge < -0.3 is 14.6 Å². The molecule has 0 aliphatic heterocycles. The van der Waals surface area contributed by atoms with E-state index in [1.807, 2.05) is 25.4 Å². The van der Waals surface area contributed by atoms with Crippen LogP contribution in [0, 0.1) is 13.8 Å². The van der Waals surface area contributed by atoms with Crippen LogP contribution in [0.25, 0.3) is 0 Å². The molecule has 0 saturated carbocycles. The lowest BCUT2D eigenvalue weighted by Gasteiger charge is -2.11. The first-order chi connectivity index (χ1) is 10.1. The van der Waals surface area contributed by atoms with Crippen LogP contribution in [-0.4, -0.2) is 22.2 Å². The van der Waals surface area contributed by atoms with Crippen molar-refractivity contribution in [3.63, 3.8) is 0 Å². The van der Waals surface area contributed by atoms with Crippen LogP contribution in [0.2, 0.25) is 0 Å². The molecule has 0 spiro atoms. The normalized spacial score (nSPS) is 11.1. The predicted molar refractivity (Wildman–Crippen MR) is 85.6 cm³/mol. The number of aryl methyl sites for hydroxylation is 1. The molecule has 0 saturated heterocycles. The van der Waals surface area contributed by atoms with E-state index in [0.717, 1.165) is 24.5 Å². The van der Waals surface area contributed by atoms with Gasteiger partial charge in [0.05, 0.1) is 18.6 Å². The molecule has 2 aromatic rings. The van der Waals surface area contributed by atoms with Gasteiger partial charge in [-0.25, -0.2) is 4.98 Å². The highest BCUT2D eigenvalue weighted by atomic mass is 16.5. The largest absolute Gasteiger partial charge is 0.492 e. The summed E-state index contributed by atoms with van der Waals surface area (Å²) >= 11 is 0. The predicted octanol–water partition coefficient (Wildman–Crippen LogP) is 3.08. The van der Waals surface area contributed by atoms with Crippen LogP contribution < -0.4 is 10.1 Å². The molecule has 0 amide bonds. The Labute approximate surface area is 127 Å². The molecule has 1 aromatic carbocycles. The maximum Gasteiger partial charge on any atom is 0.119 e. The zero-order valence-electron chi connectivity index (χ0n) is 13.4. The molecule has 2 rings (SSSR count). The van der Waals surface area contributed by atoms with Crippen molar-refractivity contribution < 1.29 is 4.74 Å². The van der Waals surface area contributed by atoms with E-state index in [0.29, 0.717) is 12.6 Å². The lowest BCUT2D eigenvalue weighted by atomic mass is 10.2. The zero-order valence-corrected chi connectivity index (χ0v) is 13.4. The number of imidazole rings is 1. The molecule has 0 radical (unpaired) electrons. The fraction of sp³-hybridized carbons (Fsp3) is 0.471. The van der Waals surface area contributed by atoms with Gasteiger partial charge in [0.25, 0.3) is 0 Å². The number of nitrogens with one attached hydrogen (secondary N) is 1. The number of aromatic nitrogens is 2. The highest BCUT2D eigenvalue weighted by Crippen LogP contribution is 2.14. The minimum atomic E-state index is 0.488. The molecular weight excluding hydrogens is 262 g/mol. The summed E-state index contributed by atoms with van der Waals surface area (Å²) < 4.78 is 7.97. The van der Waals surface area contributed by atoms with E-state index < -0.39 is 0 Å². The molecule has 1 heterocycles. The van der Waals surface area contributed by atoms with Gasteiger partial charge in [-0.1, -0.05) is 26.0 Å². The Kier molecular flexibility index (Phi) is 5.39. The number of ether oxygens (including phenoxy) is 1. The highest BCUT2D eigenvalue weighted by Gasteiger charge is 2.02. The highest BCUT2D eigenvalue weighted by molar-refractivity contribution is 5.28. The second kappa shape index (κ2) is 7.27. The number of nitrogens with zero attached hydrogens (tertiary/aromatic N) is 2. The Hall–Kier alpha value is -1.81. The molecule has 0 fully saturated rings. The summed E-state index contributed by atoms with van der Waals surface area (Å²) in [5, 5.41) is 3.41. The van der Waals surface area contributed by atoms with E-state index in [9.17, 15) is 0 Å². The van der Waals surface area contributed by atoms with Crippen LogP contribution >= 0.6 is 0 Å². The zero-order chi connectivity index (χ0) is 15.2. The fourth-order valence-electron chi connectivity index (χ4n) is 2.10. The Morgan fingerprint density at radius 2 is 2.10 bits per heavy atom. The van der Waals surface area contributed by atoms with Crippen molar-refractivity contribution in [2.45, 2.75) is 46.8 Å². The van der Waals surface area contributed by atoms with Gasteiger partial charge in [-0.3, -0.25) is 0 Å². The number of hydrogen-bond acceptors (Lipinski definition) is 3. The Bertz CT molecular complexity index is 575. The molecule has 1 N–H and O–H groups in total. The molecule has 0 unspecified atom stereocenters. The monoisotopic (exact) mass is 287 g/mol. The summed E-state index contributed by atoms with van der Waals surface area (Å²) in [5.41, 5.74) is 3.53. The first-order valence-electron chi connectivity index (χ1n) is 7.49. The molecule has 4 heteroatoms. The van der Waals surface area contributed by atoms with Crippen molar-refractivity contribution in [1.29, 1.82) is 0 Å². The van der Waals surface area contributed by atoms with Crippen LogP contribution in [0.1, 0.15) is 30.8 Å². The maximum absolute atomic E-state index is 5.85. The van der Waals surface area contributed by atoms with Gasteiger partial charge in [-0.05, 0) is 31.5 Å². The van der Waals surface area contributed by atoms with Crippen LogP contribution in [0.3, 0.4) is 0 Å². The van der Waals surface area contributed by atoms with Crippen LogP contribution in [0.5, 0.6) is 5.75 Å². The van der Waals surface area contributed by atoms with E-state index in [2.05, 4.69) is 47.8 Å². The third-order valence-corrected chi connectivity index (χ3v) is 3.56. The van der Waals surface area contributed by atoms with E-state index in [4.69, 9.17) is 4.74 Å². The van der Waals surface area contributed by atoms with Crippen molar-refractivity contribution in [1.82, 2.24) is 14.9 Å². The van der Waals surface area contributed by atoms with Crippen LogP contribution in [-0.2, 0) is 13.1 Å². The third-order valence-electron chi connectivity index (χ3n) is 3.56. The lowest BCUT2D eigenvalue weighted by molar-refractivity contribution is 0.297. The van der Waals surface area contributed by atoms with Gasteiger partial charge in [0, 0.05) is 18.3 Å². The number of benzene rings is 1. The quantitative estimate of drug-likeness (QED) is 0.850. The smallest absolute Gasteiger partial charge is 0.119 e. The molecule has 0 atom stereocenters. The van der Waals surface area contributed by atoms with Crippen LogP contribution in [0.15, 0.2) is 30.6 Å². The number of rotatable bonds is 7. The first-order valence-corrected chi connectivity index (χ1v) is 7.49. The van der Waals surface area contributed by atoms with Gasteiger partial charge in [0.2, 0.25) is 0 Å². The van der Waals surface area contributed by atoms with E-state index >= 15 is 0 Å². The third kappa shape index (κ3) is 4.60. The first kappa shape index (κ1) is 15.6. The summed E-state index contributed by atoms with van der Waals surface area (Å²) in [6.45, 7) is 10.7. The second-order valence-electron chi connectivity index (χ2n) is 5.64. The van der Waals surface area contributed by atoms with E-state index in [1.54, 1.807) is 0 Å². The molecule has 4 nitrogen and oxygen atoms in total. The van der Waals surface area contributed by atoms with Gasteiger partial charge in [0.15, 0.2) is 0 Å². The van der Waals surface area contributed by atoms with Gasteiger partial charge in [0.1, 0.15) is 12.4 Å². The van der Waals surface area contributed by atoms with Crippen molar-refractivity contribution in [3.8, 4) is 5.75 Å². The lowest BCUT2D eigenvalue weighted by Crippen LogP contribution is -2.21. The van der Waals surface area contributed by atoms with Gasteiger partial charge in [-0.2, -0.15) is 0 Å². The van der Waals surface area contributed by atoms with E-state index in [-0.39, 0.29) is 0 Å². The fourth-order valence-corrected chi connectivity index (χ4v) is 2.10. The Morgan fingerprint density at radius 1 is 1.29 bits per heavy atom. The maximum atomic E-state index is 5.85. The van der Waals surface area contributed by atoms with Crippen molar-refractivity contribution >= 4 is 0 Å². The summed E-state index contributed by atoms with van der Waals surface area (Å²) in [7, 11) is 0. The van der Waals surface area contributed by atoms with Crippen LogP contribution in [0.4, 0.5) is 0 Å². The SMILES string of the molecule is Cc1ncn(CCOc2cccc(CNC(C)C)c2)c1C. The second-order valence-corrected chi connectivity index (χ2v) is 5.64. The minimum absolute atomic E-state index is 0.488. The van der Waals surface area contributed by atoms with E-state index in [1.165, 1.54) is 11.3 Å². The summed E-state index contributed by atoms with van der Waals surface area (Å²) in [5.74, 6) is 0.924. The number of hydrogen-bond donors (Lipinski definition) is 1. The van der Waals surface area contributed by atoms with Gasteiger partial charge in [-0.15, -0.1) is 0 Å². The molecule has 1 aromatic heterocycles. The van der Waals surface area contributed by atoms with Crippen molar-refractivity contribution in [2.24, 2.45) is 0 Å². The Balaban J connectivity index is 1.85. The summed E-state index contributed by atoms with van der Waals surface area (Å²) in [6, 6.07) is 8.75. The average Bonchev–Trinajstić information content (AvgIpc) is 2.78. The van der Waals surface area contributed by atoms with Crippen molar-refractivity contribution in [3.05, 3.63) is 47.5 Å². The molecule has 0 aliphatic rings. The molecular formula is C17H25N3O. The molecule has 114 valence electrons. The summed E-state index contributed by atoms with van der Waals surface area (Å²) in [6.07, 6.45) is 1.87. The molecule has 0 bridgehead atoms.